The van der Waals surface area contributed by atoms with Gasteiger partial charge in [0, 0.05) is 52.3 Å². The van der Waals surface area contributed by atoms with Gasteiger partial charge in [-0.1, -0.05) is 13.0 Å². The number of alkyl halides is 3. The molecule has 1 aromatic heterocycles. The highest BCUT2D eigenvalue weighted by molar-refractivity contribution is 5.92. The number of hydrogen-bond donors (Lipinski definition) is 0. The number of likely N-dealkylation sites (N-methyl/N-ethyl adjacent to an activating group) is 1. The van der Waals surface area contributed by atoms with Crippen LogP contribution in [0.5, 0.6) is 0 Å². The highest BCUT2D eigenvalue weighted by atomic mass is 19.4. The molecule has 152 valence electrons. The van der Waals surface area contributed by atoms with Crippen molar-refractivity contribution in [3.05, 3.63) is 23.9 Å². The lowest BCUT2D eigenvalue weighted by molar-refractivity contribution is -0.141. The zero-order chi connectivity index (χ0) is 20.0. The van der Waals surface area contributed by atoms with Crippen molar-refractivity contribution in [2.75, 3.05) is 58.4 Å². The summed E-state index contributed by atoms with van der Waals surface area (Å²) in [6.07, 6.45) is -4.32. The van der Waals surface area contributed by atoms with Gasteiger partial charge in [0.1, 0.15) is 11.5 Å². The number of carbonyl (C=O) groups is 1. The lowest BCUT2D eigenvalue weighted by Crippen LogP contribution is -2.60. The molecule has 1 aliphatic rings. The number of methoxy groups -OCH3 is 1. The normalized spacial score (nSPS) is 15.8. The molecular formula is C18H27F3N4O2. The Bertz CT molecular complexity index is 621. The Balaban J connectivity index is 1.94. The number of aromatic nitrogens is 1. The predicted molar refractivity (Wildman–Crippen MR) is 96.6 cm³/mol. The van der Waals surface area contributed by atoms with Crippen LogP contribution >= 0.6 is 0 Å². The first kappa shape index (κ1) is 21.6. The van der Waals surface area contributed by atoms with E-state index in [2.05, 4.69) is 14.8 Å². The fraction of sp³-hybridized carbons (Fsp3) is 0.667. The molecule has 1 aromatic rings. The van der Waals surface area contributed by atoms with Gasteiger partial charge in [0.25, 0.3) is 0 Å². The molecule has 6 nitrogen and oxygen atoms in total. The van der Waals surface area contributed by atoms with Gasteiger partial charge in [0.15, 0.2) is 0 Å². The number of hydrogen-bond acceptors (Lipinski definition) is 5. The van der Waals surface area contributed by atoms with Gasteiger partial charge >= 0.3 is 6.18 Å². The van der Waals surface area contributed by atoms with Crippen molar-refractivity contribution in [2.45, 2.75) is 25.6 Å². The van der Waals surface area contributed by atoms with Crippen LogP contribution in [0.25, 0.3) is 0 Å². The second-order valence-corrected chi connectivity index (χ2v) is 6.66. The van der Waals surface area contributed by atoms with Crippen LogP contribution in [0.1, 0.15) is 19.0 Å². The number of ether oxygens (including phenoxy) is 1. The topological polar surface area (TPSA) is 48.9 Å². The van der Waals surface area contributed by atoms with Crippen LogP contribution in [0.15, 0.2) is 18.2 Å². The Kier molecular flexibility index (Phi) is 7.58. The van der Waals surface area contributed by atoms with E-state index in [9.17, 15) is 18.0 Å². The van der Waals surface area contributed by atoms with Crippen LogP contribution in [0.4, 0.5) is 19.0 Å². The van der Waals surface area contributed by atoms with E-state index in [1.54, 1.807) is 14.0 Å². The zero-order valence-electron chi connectivity index (χ0n) is 16.0. The van der Waals surface area contributed by atoms with Gasteiger partial charge in [-0.25, -0.2) is 4.98 Å². The average molecular weight is 388 g/mol. The van der Waals surface area contributed by atoms with E-state index >= 15 is 0 Å². The number of carbonyl (C=O) groups excluding carboxylic acids is 1. The number of nitrogens with zero attached hydrogens (tertiary/aromatic N) is 4. The van der Waals surface area contributed by atoms with Crippen LogP contribution in [-0.4, -0.2) is 80.2 Å². The highest BCUT2D eigenvalue weighted by Crippen LogP contribution is 2.29. The number of rotatable bonds is 9. The van der Waals surface area contributed by atoms with Crippen molar-refractivity contribution in [1.82, 2.24) is 14.8 Å². The lowest BCUT2D eigenvalue weighted by atomic mass is 10.1. The van der Waals surface area contributed by atoms with Crippen LogP contribution in [0.3, 0.4) is 0 Å². The summed E-state index contributed by atoms with van der Waals surface area (Å²) in [6.45, 7) is 5.85. The third-order valence-electron chi connectivity index (χ3n) is 4.75. The first-order chi connectivity index (χ1) is 12.8. The SMILES string of the molecule is CCC(=O)N(CCN1CC(N(C)CCOC)C1)c1cccc(C(F)(F)F)n1. The third-order valence-corrected chi connectivity index (χ3v) is 4.75. The van der Waals surface area contributed by atoms with Crippen molar-refractivity contribution in [3.8, 4) is 0 Å². The maximum atomic E-state index is 12.9. The average Bonchev–Trinajstić information content (AvgIpc) is 2.60. The van der Waals surface area contributed by atoms with Crippen molar-refractivity contribution in [3.63, 3.8) is 0 Å². The van der Waals surface area contributed by atoms with E-state index in [1.165, 1.54) is 17.0 Å². The van der Waals surface area contributed by atoms with E-state index in [1.807, 2.05) is 7.05 Å². The second kappa shape index (κ2) is 9.48. The number of anilines is 1. The van der Waals surface area contributed by atoms with Gasteiger partial charge in [-0.05, 0) is 19.2 Å². The molecule has 0 unspecified atom stereocenters. The fourth-order valence-electron chi connectivity index (χ4n) is 2.95. The molecule has 0 radical (unpaired) electrons. The monoisotopic (exact) mass is 388 g/mol. The van der Waals surface area contributed by atoms with Gasteiger partial charge in [-0.3, -0.25) is 19.5 Å². The quantitative estimate of drug-likeness (QED) is 0.649. The highest BCUT2D eigenvalue weighted by Gasteiger charge is 2.34. The van der Waals surface area contributed by atoms with E-state index in [4.69, 9.17) is 4.74 Å². The fourth-order valence-corrected chi connectivity index (χ4v) is 2.95. The molecule has 1 saturated heterocycles. The number of halogens is 3. The minimum Gasteiger partial charge on any atom is -0.383 e. The maximum Gasteiger partial charge on any atom is 0.433 e. The number of likely N-dealkylation sites (tertiary alicyclic amines) is 1. The molecule has 0 saturated carbocycles. The molecule has 9 heteroatoms. The van der Waals surface area contributed by atoms with Crippen LogP contribution in [0.2, 0.25) is 0 Å². The van der Waals surface area contributed by atoms with Crippen LogP contribution in [0, 0.1) is 0 Å². The summed E-state index contributed by atoms with van der Waals surface area (Å²) in [5, 5.41) is 0. The maximum absolute atomic E-state index is 12.9. The molecule has 27 heavy (non-hydrogen) atoms. The predicted octanol–water partition coefficient (Wildman–Crippen LogP) is 2.11. The number of amides is 1. The Hall–Kier alpha value is -1.71. The summed E-state index contributed by atoms with van der Waals surface area (Å²) in [7, 11) is 3.71. The molecule has 1 fully saturated rings. The van der Waals surface area contributed by atoms with Crippen molar-refractivity contribution in [2.24, 2.45) is 0 Å². The molecular weight excluding hydrogens is 361 g/mol. The summed E-state index contributed by atoms with van der Waals surface area (Å²) in [6, 6.07) is 4.07. The zero-order valence-corrected chi connectivity index (χ0v) is 16.0. The Morgan fingerprint density at radius 1 is 1.33 bits per heavy atom. The van der Waals surface area contributed by atoms with Crippen molar-refractivity contribution < 1.29 is 22.7 Å². The van der Waals surface area contributed by atoms with Gasteiger partial charge in [-0.15, -0.1) is 0 Å². The van der Waals surface area contributed by atoms with Gasteiger partial charge < -0.3 is 4.74 Å². The smallest absolute Gasteiger partial charge is 0.383 e. The minimum absolute atomic E-state index is 0.0472. The molecule has 0 aliphatic carbocycles. The lowest BCUT2D eigenvalue weighted by Gasteiger charge is -2.44. The number of pyridine rings is 1. The van der Waals surface area contributed by atoms with Gasteiger partial charge in [0.05, 0.1) is 6.61 Å². The van der Waals surface area contributed by atoms with E-state index in [0.717, 1.165) is 25.7 Å². The second-order valence-electron chi connectivity index (χ2n) is 6.66. The molecule has 0 N–H and O–H groups in total. The van der Waals surface area contributed by atoms with E-state index < -0.39 is 11.9 Å². The molecule has 0 atom stereocenters. The first-order valence-corrected chi connectivity index (χ1v) is 9.02. The molecule has 0 spiro atoms. The Labute approximate surface area is 157 Å². The standard InChI is InChI=1S/C18H27F3N4O2/c1-4-17(26)25(16-7-5-6-15(22-16)18(19,20)21)9-8-24-12-14(13-24)23(2)10-11-27-3/h5-7,14H,4,8-13H2,1-3H3. The summed E-state index contributed by atoms with van der Waals surface area (Å²) >= 11 is 0. The third kappa shape index (κ3) is 5.88. The van der Waals surface area contributed by atoms with Crippen molar-refractivity contribution in [1.29, 1.82) is 0 Å². The van der Waals surface area contributed by atoms with Gasteiger partial charge in [-0.2, -0.15) is 13.2 Å². The van der Waals surface area contributed by atoms with Crippen LogP contribution < -0.4 is 4.90 Å². The summed E-state index contributed by atoms with van der Waals surface area (Å²) in [5.74, 6) is -0.193. The Morgan fingerprint density at radius 2 is 2.04 bits per heavy atom. The molecule has 0 bridgehead atoms. The van der Waals surface area contributed by atoms with Crippen LogP contribution in [-0.2, 0) is 15.7 Å². The molecule has 2 rings (SSSR count). The molecule has 1 aliphatic heterocycles. The van der Waals surface area contributed by atoms with E-state index in [-0.39, 0.29) is 18.1 Å². The molecule has 2 heterocycles. The van der Waals surface area contributed by atoms with E-state index in [0.29, 0.717) is 25.7 Å². The molecule has 0 aromatic carbocycles. The summed E-state index contributed by atoms with van der Waals surface area (Å²) in [5.41, 5.74) is -0.988. The van der Waals surface area contributed by atoms with Crippen molar-refractivity contribution >= 4 is 11.7 Å². The minimum atomic E-state index is -4.53. The largest absolute Gasteiger partial charge is 0.433 e. The Morgan fingerprint density at radius 3 is 2.63 bits per heavy atom. The summed E-state index contributed by atoms with van der Waals surface area (Å²) in [4.78, 5) is 21.6. The summed E-state index contributed by atoms with van der Waals surface area (Å²) < 4.78 is 43.8. The molecule has 1 amide bonds. The first-order valence-electron chi connectivity index (χ1n) is 9.02. The van der Waals surface area contributed by atoms with Gasteiger partial charge in [0.2, 0.25) is 5.91 Å².